The van der Waals surface area contributed by atoms with Crippen LogP contribution < -0.4 is 14.8 Å². The molecule has 1 heterocycles. The molecule has 0 amide bonds. The maximum atomic E-state index is 11.7. The van der Waals surface area contributed by atoms with Gasteiger partial charge in [0.1, 0.15) is 12.4 Å². The molecule has 0 spiro atoms. The van der Waals surface area contributed by atoms with Gasteiger partial charge in [-0.3, -0.25) is 9.52 Å². The number of ether oxygens (including phenoxy) is 2. The highest BCUT2D eigenvalue weighted by atomic mass is 32.2. The molecule has 0 unspecified atom stereocenters. The summed E-state index contributed by atoms with van der Waals surface area (Å²) in [7, 11) is -3.38. The number of esters is 1. The standard InChI is InChI=1S/C25H33N3O6S/c1-4-33-25(30)11-10-22-17(2)21-9-8-20(15-23(21)27-22)34-13-12-26-16-24(29)18-6-5-7-19(14-18)28-35(3,31)32/h5-9,14-15,24,26-29H,4,10-13,16H2,1-3H3/t24-/m0/s1. The smallest absolute Gasteiger partial charge is 0.306 e. The Bertz CT molecular complexity index is 1260. The van der Waals surface area contributed by atoms with Gasteiger partial charge in [-0.25, -0.2) is 8.42 Å². The van der Waals surface area contributed by atoms with E-state index >= 15 is 0 Å². The Labute approximate surface area is 205 Å². The summed E-state index contributed by atoms with van der Waals surface area (Å²) >= 11 is 0. The van der Waals surface area contributed by atoms with E-state index in [0.717, 1.165) is 34.2 Å². The fourth-order valence-corrected chi connectivity index (χ4v) is 4.35. The molecule has 0 aliphatic carbocycles. The Balaban J connectivity index is 1.47. The minimum absolute atomic E-state index is 0.203. The molecule has 190 valence electrons. The van der Waals surface area contributed by atoms with Gasteiger partial charge >= 0.3 is 5.97 Å². The van der Waals surface area contributed by atoms with Crippen LogP contribution in [-0.2, 0) is 26.0 Å². The van der Waals surface area contributed by atoms with Crippen molar-refractivity contribution in [2.24, 2.45) is 0 Å². The molecule has 0 saturated carbocycles. The fraction of sp³-hybridized carbons (Fsp3) is 0.400. The average molecular weight is 504 g/mol. The minimum atomic E-state index is -3.38. The van der Waals surface area contributed by atoms with Crippen LogP contribution in [0.1, 0.15) is 36.3 Å². The number of hydrogen-bond donors (Lipinski definition) is 4. The van der Waals surface area contributed by atoms with E-state index in [1.165, 1.54) is 0 Å². The summed E-state index contributed by atoms with van der Waals surface area (Å²) in [6.45, 7) is 5.43. The maximum Gasteiger partial charge on any atom is 0.306 e. The number of H-pyrrole nitrogens is 1. The average Bonchev–Trinajstić information content (AvgIpc) is 3.11. The van der Waals surface area contributed by atoms with E-state index in [0.29, 0.717) is 50.4 Å². The van der Waals surface area contributed by atoms with Crippen LogP contribution >= 0.6 is 0 Å². The number of aryl methyl sites for hydroxylation is 2. The topological polar surface area (TPSA) is 130 Å². The van der Waals surface area contributed by atoms with Gasteiger partial charge in [-0.15, -0.1) is 0 Å². The van der Waals surface area contributed by atoms with Crippen LogP contribution in [0.3, 0.4) is 0 Å². The highest BCUT2D eigenvalue weighted by Gasteiger charge is 2.12. The van der Waals surface area contributed by atoms with Gasteiger partial charge in [0.05, 0.1) is 25.4 Å². The van der Waals surface area contributed by atoms with Crippen LogP contribution in [0.25, 0.3) is 10.9 Å². The van der Waals surface area contributed by atoms with Gasteiger partial charge in [0, 0.05) is 41.4 Å². The second-order valence-corrected chi connectivity index (χ2v) is 10.1. The summed E-state index contributed by atoms with van der Waals surface area (Å²) in [5.74, 6) is 0.517. The number of carbonyl (C=O) groups excluding carboxylic acids is 1. The minimum Gasteiger partial charge on any atom is -0.492 e. The Morgan fingerprint density at radius 2 is 2.00 bits per heavy atom. The SMILES string of the molecule is CCOC(=O)CCc1[nH]c2cc(OCCNC[C@H](O)c3cccc(NS(C)(=O)=O)c3)ccc2c1C. The third-order valence-electron chi connectivity index (χ3n) is 5.48. The predicted octanol–water partition coefficient (Wildman–Crippen LogP) is 3.05. The summed E-state index contributed by atoms with van der Waals surface area (Å²) < 4.78 is 36.0. The number of anilines is 1. The van der Waals surface area contributed by atoms with Crippen molar-refractivity contribution >= 4 is 32.6 Å². The zero-order valence-corrected chi connectivity index (χ0v) is 21.1. The third kappa shape index (κ3) is 7.98. The number of aromatic amines is 1. The zero-order chi connectivity index (χ0) is 25.4. The molecule has 0 aliphatic heterocycles. The largest absolute Gasteiger partial charge is 0.492 e. The number of fused-ring (bicyclic) bond motifs is 1. The van der Waals surface area contributed by atoms with Crippen LogP contribution in [-0.4, -0.2) is 57.0 Å². The van der Waals surface area contributed by atoms with Crippen LogP contribution in [0, 0.1) is 6.92 Å². The molecule has 1 atom stereocenters. The predicted molar refractivity (Wildman–Crippen MR) is 136 cm³/mol. The molecule has 0 radical (unpaired) electrons. The molecule has 35 heavy (non-hydrogen) atoms. The molecule has 0 bridgehead atoms. The lowest BCUT2D eigenvalue weighted by molar-refractivity contribution is -0.143. The highest BCUT2D eigenvalue weighted by Crippen LogP contribution is 2.26. The van der Waals surface area contributed by atoms with Crippen molar-refractivity contribution in [3.8, 4) is 5.75 Å². The molecule has 0 fully saturated rings. The van der Waals surface area contributed by atoms with Crippen LogP contribution in [0.15, 0.2) is 42.5 Å². The number of hydrogen-bond acceptors (Lipinski definition) is 7. The lowest BCUT2D eigenvalue weighted by atomic mass is 10.1. The first-order valence-electron chi connectivity index (χ1n) is 11.5. The van der Waals surface area contributed by atoms with Crippen molar-refractivity contribution in [3.05, 3.63) is 59.3 Å². The van der Waals surface area contributed by atoms with Gasteiger partial charge in [0.25, 0.3) is 0 Å². The summed E-state index contributed by atoms with van der Waals surface area (Å²) in [5.41, 5.74) is 4.09. The third-order valence-corrected chi connectivity index (χ3v) is 6.08. The van der Waals surface area contributed by atoms with E-state index < -0.39 is 16.1 Å². The van der Waals surface area contributed by atoms with E-state index in [2.05, 4.69) is 15.0 Å². The van der Waals surface area contributed by atoms with Crippen molar-refractivity contribution in [1.29, 1.82) is 0 Å². The first kappa shape index (κ1) is 26.5. The number of nitrogens with one attached hydrogen (secondary N) is 3. The number of aromatic nitrogens is 1. The van der Waals surface area contributed by atoms with E-state index in [-0.39, 0.29) is 5.97 Å². The molecule has 3 rings (SSSR count). The van der Waals surface area contributed by atoms with Gasteiger partial charge in [-0.2, -0.15) is 0 Å². The van der Waals surface area contributed by atoms with E-state index in [4.69, 9.17) is 9.47 Å². The second kappa shape index (κ2) is 12.1. The van der Waals surface area contributed by atoms with Gasteiger partial charge in [-0.1, -0.05) is 12.1 Å². The Kier molecular flexibility index (Phi) is 9.13. The number of rotatable bonds is 13. The molecule has 1 aromatic heterocycles. The van der Waals surface area contributed by atoms with Crippen LogP contribution in [0.4, 0.5) is 5.69 Å². The van der Waals surface area contributed by atoms with Crippen molar-refractivity contribution < 1.29 is 27.8 Å². The van der Waals surface area contributed by atoms with Crippen molar-refractivity contribution in [2.45, 2.75) is 32.8 Å². The lowest BCUT2D eigenvalue weighted by Gasteiger charge is -2.14. The summed E-state index contributed by atoms with van der Waals surface area (Å²) in [5, 5.41) is 14.6. The van der Waals surface area contributed by atoms with Crippen molar-refractivity contribution in [2.75, 3.05) is 37.3 Å². The molecule has 2 aromatic carbocycles. The maximum absolute atomic E-state index is 11.7. The molecule has 10 heteroatoms. The van der Waals surface area contributed by atoms with Gasteiger partial charge in [-0.05, 0) is 55.7 Å². The molecule has 0 saturated heterocycles. The Morgan fingerprint density at radius 1 is 1.20 bits per heavy atom. The summed E-state index contributed by atoms with van der Waals surface area (Å²) in [6.07, 6.45) is 1.22. The zero-order valence-electron chi connectivity index (χ0n) is 20.3. The molecular formula is C25H33N3O6S. The number of sulfonamides is 1. The van der Waals surface area contributed by atoms with Gasteiger partial charge < -0.3 is 24.9 Å². The number of benzene rings is 2. The van der Waals surface area contributed by atoms with E-state index in [9.17, 15) is 18.3 Å². The normalized spacial score (nSPS) is 12.5. The number of carbonyl (C=O) groups is 1. The molecule has 9 nitrogen and oxygen atoms in total. The lowest BCUT2D eigenvalue weighted by Crippen LogP contribution is -2.26. The quantitative estimate of drug-likeness (QED) is 0.208. The van der Waals surface area contributed by atoms with Gasteiger partial charge in [0.15, 0.2) is 0 Å². The molecule has 4 N–H and O–H groups in total. The number of aliphatic hydroxyl groups is 1. The molecule has 3 aromatic rings. The van der Waals surface area contributed by atoms with Crippen LogP contribution in [0.2, 0.25) is 0 Å². The van der Waals surface area contributed by atoms with E-state index in [1.54, 1.807) is 31.2 Å². The van der Waals surface area contributed by atoms with Crippen molar-refractivity contribution in [3.63, 3.8) is 0 Å². The van der Waals surface area contributed by atoms with Crippen molar-refractivity contribution in [1.82, 2.24) is 10.3 Å². The molecule has 0 aliphatic rings. The molecular weight excluding hydrogens is 470 g/mol. The van der Waals surface area contributed by atoms with Crippen LogP contribution in [0.5, 0.6) is 5.75 Å². The summed E-state index contributed by atoms with van der Waals surface area (Å²) in [6, 6.07) is 12.5. The second-order valence-electron chi connectivity index (χ2n) is 8.31. The fourth-order valence-electron chi connectivity index (χ4n) is 3.79. The highest BCUT2D eigenvalue weighted by molar-refractivity contribution is 7.92. The Hall–Kier alpha value is -3.08. The summed E-state index contributed by atoms with van der Waals surface area (Å²) in [4.78, 5) is 15.0. The first-order chi connectivity index (χ1) is 16.7. The number of aliphatic hydroxyl groups excluding tert-OH is 1. The van der Waals surface area contributed by atoms with E-state index in [1.807, 2.05) is 25.1 Å². The Morgan fingerprint density at radius 3 is 2.74 bits per heavy atom. The monoisotopic (exact) mass is 503 g/mol. The van der Waals surface area contributed by atoms with Gasteiger partial charge in [0.2, 0.25) is 10.0 Å². The first-order valence-corrected chi connectivity index (χ1v) is 13.4.